The molecule has 0 unspecified atom stereocenters. The number of ether oxygens (including phenoxy) is 4. The Bertz CT molecular complexity index is 1170. The standard InChI is InChI=1S/C32H43NO7/c1-20(2)17-25-24(30(35)40-32(3,4)5)10-8-9-21-11-14-23(15-12-21)39-28-19-22(13-16-27(28)37-6)18-26(31(36)38-7)33-29(25)34/h11-16,19-20,24-26H,8-10,17-18H2,1-7H3,(H,33,34)/t24-,25+,26-/m0/s1. The molecule has 0 radical (unpaired) electrons. The number of esters is 2. The SMILES string of the molecule is COC(=O)[C@@H]1Cc2ccc(OC)c(c2)Oc2ccc(cc2)CCC[C@H](C(=O)OC(C)(C)C)[C@@H](CC(C)C)C(=O)N1. The molecule has 0 saturated carbocycles. The van der Waals surface area contributed by atoms with Crippen molar-refractivity contribution in [1.29, 1.82) is 0 Å². The molecule has 1 amide bonds. The monoisotopic (exact) mass is 553 g/mol. The van der Waals surface area contributed by atoms with E-state index in [1.54, 1.807) is 19.2 Å². The molecule has 8 nitrogen and oxygen atoms in total. The van der Waals surface area contributed by atoms with Crippen LogP contribution in [0.2, 0.25) is 0 Å². The van der Waals surface area contributed by atoms with E-state index in [0.29, 0.717) is 36.5 Å². The Morgan fingerprint density at radius 3 is 2.30 bits per heavy atom. The Hall–Kier alpha value is -3.55. The van der Waals surface area contributed by atoms with Gasteiger partial charge in [0.15, 0.2) is 11.5 Å². The number of hydrogen-bond acceptors (Lipinski definition) is 7. The Balaban J connectivity index is 2.07. The second-order valence-electron chi connectivity index (χ2n) is 11.8. The van der Waals surface area contributed by atoms with Crippen LogP contribution >= 0.6 is 0 Å². The number of amides is 1. The van der Waals surface area contributed by atoms with Crippen LogP contribution in [0.15, 0.2) is 42.5 Å². The lowest BCUT2D eigenvalue weighted by atomic mass is 9.81. The van der Waals surface area contributed by atoms with Gasteiger partial charge in [-0.1, -0.05) is 32.0 Å². The first-order valence-electron chi connectivity index (χ1n) is 13.9. The minimum absolute atomic E-state index is 0.139. The molecule has 0 fully saturated rings. The maximum absolute atomic E-state index is 13.9. The number of carbonyl (C=O) groups excluding carboxylic acids is 3. The summed E-state index contributed by atoms with van der Waals surface area (Å²) in [6.07, 6.45) is 2.51. The summed E-state index contributed by atoms with van der Waals surface area (Å²) < 4.78 is 22.5. The van der Waals surface area contributed by atoms with Crippen molar-refractivity contribution in [1.82, 2.24) is 5.32 Å². The van der Waals surface area contributed by atoms with Crippen LogP contribution in [0, 0.1) is 17.8 Å². The lowest BCUT2D eigenvalue weighted by Crippen LogP contribution is -2.48. The molecular formula is C32H43NO7. The fourth-order valence-electron chi connectivity index (χ4n) is 4.98. The first kappa shape index (κ1) is 31.0. The zero-order chi connectivity index (χ0) is 29.4. The van der Waals surface area contributed by atoms with Crippen molar-refractivity contribution < 1.29 is 33.3 Å². The Morgan fingerprint density at radius 1 is 1.02 bits per heavy atom. The minimum Gasteiger partial charge on any atom is -0.493 e. The van der Waals surface area contributed by atoms with E-state index in [2.05, 4.69) is 5.32 Å². The predicted octanol–water partition coefficient (Wildman–Crippen LogP) is 5.64. The van der Waals surface area contributed by atoms with Gasteiger partial charge in [0.1, 0.15) is 17.4 Å². The predicted molar refractivity (Wildman–Crippen MR) is 152 cm³/mol. The molecule has 218 valence electrons. The molecule has 40 heavy (non-hydrogen) atoms. The number of aryl methyl sites for hydroxylation is 1. The van der Waals surface area contributed by atoms with E-state index in [9.17, 15) is 14.4 Å². The third kappa shape index (κ3) is 8.73. The largest absolute Gasteiger partial charge is 0.493 e. The number of carbonyl (C=O) groups is 3. The molecule has 4 bridgehead atoms. The van der Waals surface area contributed by atoms with E-state index in [1.165, 1.54) is 7.11 Å². The fraction of sp³-hybridized carbons (Fsp3) is 0.531. The van der Waals surface area contributed by atoms with Gasteiger partial charge in [-0.3, -0.25) is 9.59 Å². The van der Waals surface area contributed by atoms with Crippen molar-refractivity contribution >= 4 is 17.8 Å². The lowest BCUT2D eigenvalue weighted by molar-refractivity contribution is -0.164. The molecule has 3 atom stereocenters. The topological polar surface area (TPSA) is 100 Å². The summed E-state index contributed by atoms with van der Waals surface area (Å²) in [6, 6.07) is 12.2. The summed E-state index contributed by atoms with van der Waals surface area (Å²) in [5.41, 5.74) is 1.15. The van der Waals surface area contributed by atoms with Crippen molar-refractivity contribution in [3.8, 4) is 17.2 Å². The maximum Gasteiger partial charge on any atom is 0.328 e. The molecule has 1 N–H and O–H groups in total. The summed E-state index contributed by atoms with van der Waals surface area (Å²) >= 11 is 0. The molecule has 0 aliphatic carbocycles. The van der Waals surface area contributed by atoms with E-state index in [0.717, 1.165) is 17.5 Å². The van der Waals surface area contributed by atoms with Gasteiger partial charge >= 0.3 is 11.9 Å². The molecular weight excluding hydrogens is 510 g/mol. The van der Waals surface area contributed by atoms with Gasteiger partial charge < -0.3 is 24.3 Å². The van der Waals surface area contributed by atoms with Crippen LogP contribution in [0.5, 0.6) is 17.2 Å². The van der Waals surface area contributed by atoms with Crippen LogP contribution in [0.1, 0.15) is 65.0 Å². The normalized spacial score (nSPS) is 20.2. The molecule has 2 heterocycles. The molecule has 0 spiro atoms. The highest BCUT2D eigenvalue weighted by Gasteiger charge is 2.38. The molecule has 2 aliphatic heterocycles. The van der Waals surface area contributed by atoms with Gasteiger partial charge in [-0.15, -0.1) is 0 Å². The van der Waals surface area contributed by atoms with Crippen LogP contribution in [-0.2, 0) is 36.7 Å². The number of rotatable bonds is 5. The third-order valence-electron chi connectivity index (χ3n) is 6.86. The summed E-state index contributed by atoms with van der Waals surface area (Å²) in [4.78, 5) is 40.2. The molecule has 8 heteroatoms. The zero-order valence-corrected chi connectivity index (χ0v) is 24.7. The van der Waals surface area contributed by atoms with Gasteiger partial charge in [-0.25, -0.2) is 4.79 Å². The van der Waals surface area contributed by atoms with Crippen LogP contribution < -0.4 is 14.8 Å². The summed E-state index contributed by atoms with van der Waals surface area (Å²) in [5, 5.41) is 2.90. The van der Waals surface area contributed by atoms with Crippen LogP contribution in [0.25, 0.3) is 0 Å². The fourth-order valence-corrected chi connectivity index (χ4v) is 4.98. The highest BCUT2D eigenvalue weighted by molar-refractivity contribution is 5.89. The molecule has 2 aliphatic rings. The van der Waals surface area contributed by atoms with Crippen molar-refractivity contribution in [3.05, 3.63) is 53.6 Å². The van der Waals surface area contributed by atoms with E-state index in [1.807, 2.05) is 65.0 Å². The third-order valence-corrected chi connectivity index (χ3v) is 6.86. The van der Waals surface area contributed by atoms with Crippen molar-refractivity contribution in [2.45, 2.75) is 78.4 Å². The number of methoxy groups -OCH3 is 2. The first-order chi connectivity index (χ1) is 18.9. The average Bonchev–Trinajstić information content (AvgIpc) is 2.88. The zero-order valence-electron chi connectivity index (χ0n) is 24.7. The summed E-state index contributed by atoms with van der Waals surface area (Å²) in [7, 11) is 2.85. The van der Waals surface area contributed by atoms with E-state index in [4.69, 9.17) is 18.9 Å². The molecule has 0 saturated heterocycles. The van der Waals surface area contributed by atoms with Gasteiger partial charge in [0, 0.05) is 6.42 Å². The van der Waals surface area contributed by atoms with E-state index >= 15 is 0 Å². The second-order valence-corrected chi connectivity index (χ2v) is 11.8. The summed E-state index contributed by atoms with van der Waals surface area (Å²) in [5.74, 6) is -0.846. The quantitative estimate of drug-likeness (QED) is 0.478. The number of benzene rings is 2. The van der Waals surface area contributed by atoms with Crippen LogP contribution in [0.3, 0.4) is 0 Å². The Morgan fingerprint density at radius 2 is 1.70 bits per heavy atom. The number of hydrogen-bond donors (Lipinski definition) is 1. The number of nitrogens with one attached hydrogen (secondary N) is 1. The molecule has 0 aromatic heterocycles. The Kier molecular flexibility index (Phi) is 10.6. The van der Waals surface area contributed by atoms with Crippen molar-refractivity contribution in [2.24, 2.45) is 17.8 Å². The smallest absolute Gasteiger partial charge is 0.328 e. The van der Waals surface area contributed by atoms with Crippen LogP contribution in [-0.4, -0.2) is 43.7 Å². The minimum atomic E-state index is -0.956. The lowest BCUT2D eigenvalue weighted by Gasteiger charge is -2.30. The van der Waals surface area contributed by atoms with Gasteiger partial charge in [0.2, 0.25) is 5.91 Å². The number of fused-ring (bicyclic) bond motifs is 10. The summed E-state index contributed by atoms with van der Waals surface area (Å²) in [6.45, 7) is 9.49. The van der Waals surface area contributed by atoms with Gasteiger partial charge in [0.25, 0.3) is 0 Å². The molecule has 4 rings (SSSR count). The van der Waals surface area contributed by atoms with Crippen molar-refractivity contribution in [3.63, 3.8) is 0 Å². The first-order valence-corrected chi connectivity index (χ1v) is 13.9. The second kappa shape index (κ2) is 13.7. The van der Waals surface area contributed by atoms with Crippen molar-refractivity contribution in [2.75, 3.05) is 14.2 Å². The average molecular weight is 554 g/mol. The molecule has 2 aromatic carbocycles. The maximum atomic E-state index is 13.9. The van der Waals surface area contributed by atoms with Gasteiger partial charge in [0.05, 0.1) is 26.1 Å². The Labute approximate surface area is 237 Å². The van der Waals surface area contributed by atoms with E-state index in [-0.39, 0.29) is 18.2 Å². The molecule has 2 aromatic rings. The van der Waals surface area contributed by atoms with Crippen LogP contribution in [0.4, 0.5) is 0 Å². The van der Waals surface area contributed by atoms with Gasteiger partial charge in [-0.2, -0.15) is 0 Å². The van der Waals surface area contributed by atoms with E-state index < -0.39 is 35.4 Å². The highest BCUT2D eigenvalue weighted by Crippen LogP contribution is 2.34. The highest BCUT2D eigenvalue weighted by atomic mass is 16.6. The van der Waals surface area contributed by atoms with Gasteiger partial charge in [-0.05, 0) is 87.8 Å².